The van der Waals surface area contributed by atoms with Crippen molar-refractivity contribution in [3.05, 3.63) is 29.6 Å². The Morgan fingerprint density at radius 2 is 2.00 bits per heavy atom. The topological polar surface area (TPSA) is 86.0 Å². The monoisotopic (exact) mass is 277 g/mol. The van der Waals surface area contributed by atoms with E-state index in [-0.39, 0.29) is 24.0 Å². The summed E-state index contributed by atoms with van der Waals surface area (Å²) in [6, 6.07) is 4.86. The van der Waals surface area contributed by atoms with Gasteiger partial charge in [-0.1, -0.05) is 12.1 Å². The van der Waals surface area contributed by atoms with Gasteiger partial charge in [0, 0.05) is 0 Å². The third kappa shape index (κ3) is 3.31. The van der Waals surface area contributed by atoms with Gasteiger partial charge in [0.05, 0.1) is 11.8 Å². The van der Waals surface area contributed by atoms with Gasteiger partial charge < -0.3 is 15.8 Å². The average Bonchev–Trinajstić information content (AvgIpc) is 2.32. The van der Waals surface area contributed by atoms with Crippen LogP contribution in [-0.2, 0) is 0 Å². The maximum Gasteiger partial charge on any atom is 0.323 e. The lowest BCUT2D eigenvalue weighted by Gasteiger charge is -2.11. The number of anilines is 3. The van der Waals surface area contributed by atoms with E-state index in [1.54, 1.807) is 19.1 Å². The van der Waals surface area contributed by atoms with Crippen LogP contribution in [0.5, 0.6) is 6.01 Å². The molecule has 3 N–H and O–H groups in total. The minimum atomic E-state index is -0.393. The van der Waals surface area contributed by atoms with Gasteiger partial charge in [0.1, 0.15) is 5.82 Å². The first kappa shape index (κ1) is 14.0. The van der Waals surface area contributed by atoms with Crippen molar-refractivity contribution in [2.45, 2.75) is 26.9 Å². The highest BCUT2D eigenvalue weighted by molar-refractivity contribution is 5.59. The van der Waals surface area contributed by atoms with E-state index in [0.717, 1.165) is 5.56 Å². The fourth-order valence-corrected chi connectivity index (χ4v) is 1.59. The number of nitrogens with one attached hydrogen (secondary N) is 1. The molecule has 0 saturated heterocycles. The van der Waals surface area contributed by atoms with Crippen molar-refractivity contribution in [1.29, 1.82) is 0 Å². The fourth-order valence-electron chi connectivity index (χ4n) is 1.59. The van der Waals surface area contributed by atoms with Crippen LogP contribution >= 0.6 is 0 Å². The van der Waals surface area contributed by atoms with Crippen LogP contribution in [0, 0.1) is 12.7 Å². The summed E-state index contributed by atoms with van der Waals surface area (Å²) in [5.74, 6) is -0.246. The van der Waals surface area contributed by atoms with Crippen molar-refractivity contribution in [2.24, 2.45) is 0 Å². The maximum atomic E-state index is 13.8. The molecule has 106 valence electrons. The van der Waals surface area contributed by atoms with E-state index in [4.69, 9.17) is 10.5 Å². The second kappa shape index (κ2) is 5.68. The summed E-state index contributed by atoms with van der Waals surface area (Å²) in [4.78, 5) is 11.8. The molecule has 0 fully saturated rings. The SMILES string of the molecule is Cc1cccc(F)c1Nc1nc(N)nc(OC(C)C)n1. The second-order valence-electron chi connectivity index (χ2n) is 4.52. The predicted octanol–water partition coefficient (Wildman–Crippen LogP) is 2.43. The third-order valence-electron chi connectivity index (χ3n) is 2.43. The molecular formula is C13H16FN5O. The molecule has 0 saturated carbocycles. The second-order valence-corrected chi connectivity index (χ2v) is 4.52. The molecule has 0 amide bonds. The summed E-state index contributed by atoms with van der Waals surface area (Å²) in [6.07, 6.45) is -0.0974. The highest BCUT2D eigenvalue weighted by Gasteiger charge is 2.11. The number of halogens is 1. The number of nitrogen functional groups attached to an aromatic ring is 1. The van der Waals surface area contributed by atoms with Crippen LogP contribution in [0.15, 0.2) is 18.2 Å². The zero-order valence-electron chi connectivity index (χ0n) is 11.5. The molecule has 2 rings (SSSR count). The summed E-state index contributed by atoms with van der Waals surface area (Å²) in [6.45, 7) is 5.46. The van der Waals surface area contributed by atoms with Crippen molar-refractivity contribution in [3.8, 4) is 6.01 Å². The van der Waals surface area contributed by atoms with Crippen molar-refractivity contribution in [2.75, 3.05) is 11.1 Å². The molecule has 1 heterocycles. The molecule has 0 aliphatic heterocycles. The minimum absolute atomic E-state index is 0.00661. The first-order valence-electron chi connectivity index (χ1n) is 6.16. The van der Waals surface area contributed by atoms with Crippen LogP contribution in [0.25, 0.3) is 0 Å². The quantitative estimate of drug-likeness (QED) is 0.892. The lowest BCUT2D eigenvalue weighted by atomic mass is 10.2. The molecule has 1 aromatic carbocycles. The Morgan fingerprint density at radius 1 is 1.25 bits per heavy atom. The number of rotatable bonds is 4. The predicted molar refractivity (Wildman–Crippen MR) is 74.4 cm³/mol. The Bertz CT molecular complexity index is 597. The van der Waals surface area contributed by atoms with E-state index in [1.807, 2.05) is 13.8 Å². The van der Waals surface area contributed by atoms with Crippen LogP contribution in [0.3, 0.4) is 0 Å². The van der Waals surface area contributed by atoms with E-state index in [2.05, 4.69) is 20.3 Å². The summed E-state index contributed by atoms with van der Waals surface area (Å²) in [5.41, 5.74) is 6.62. The average molecular weight is 277 g/mol. The van der Waals surface area contributed by atoms with Crippen LogP contribution in [-0.4, -0.2) is 21.1 Å². The molecule has 6 nitrogen and oxygen atoms in total. The van der Waals surface area contributed by atoms with Gasteiger partial charge in [-0.25, -0.2) is 4.39 Å². The van der Waals surface area contributed by atoms with Crippen molar-refractivity contribution in [1.82, 2.24) is 15.0 Å². The number of hydrogen-bond acceptors (Lipinski definition) is 6. The molecule has 0 atom stereocenters. The standard InChI is InChI=1S/C13H16FN5O/c1-7(2)20-13-18-11(15)17-12(19-13)16-10-8(3)5-4-6-9(10)14/h4-7H,1-3H3,(H3,15,16,17,18,19). The largest absolute Gasteiger partial charge is 0.461 e. The Labute approximate surface area is 116 Å². The van der Waals surface area contributed by atoms with E-state index >= 15 is 0 Å². The molecule has 20 heavy (non-hydrogen) atoms. The summed E-state index contributed by atoms with van der Waals surface area (Å²) >= 11 is 0. The number of aromatic nitrogens is 3. The lowest BCUT2D eigenvalue weighted by molar-refractivity contribution is 0.222. The molecule has 0 spiro atoms. The first-order valence-corrected chi connectivity index (χ1v) is 6.16. The number of hydrogen-bond donors (Lipinski definition) is 2. The van der Waals surface area contributed by atoms with Gasteiger partial charge in [-0.2, -0.15) is 15.0 Å². The molecular weight excluding hydrogens is 261 g/mol. The molecule has 0 aliphatic rings. The Hall–Kier alpha value is -2.44. The molecule has 0 radical (unpaired) electrons. The number of nitrogens with zero attached hydrogens (tertiary/aromatic N) is 3. The van der Waals surface area contributed by atoms with Crippen LogP contribution in [0.1, 0.15) is 19.4 Å². The van der Waals surface area contributed by atoms with Crippen molar-refractivity contribution < 1.29 is 9.13 Å². The Morgan fingerprint density at radius 3 is 2.65 bits per heavy atom. The number of para-hydroxylation sites is 1. The summed E-state index contributed by atoms with van der Waals surface area (Å²) in [5, 5.41) is 2.80. The van der Waals surface area contributed by atoms with Gasteiger partial charge in [0.15, 0.2) is 0 Å². The molecule has 7 heteroatoms. The molecule has 2 aromatic rings. The highest BCUT2D eigenvalue weighted by atomic mass is 19.1. The van der Waals surface area contributed by atoms with Crippen LogP contribution in [0.2, 0.25) is 0 Å². The van der Waals surface area contributed by atoms with E-state index in [9.17, 15) is 4.39 Å². The highest BCUT2D eigenvalue weighted by Crippen LogP contribution is 2.22. The molecule has 1 aromatic heterocycles. The number of ether oxygens (including phenoxy) is 1. The van der Waals surface area contributed by atoms with Crippen molar-refractivity contribution in [3.63, 3.8) is 0 Å². The zero-order valence-corrected chi connectivity index (χ0v) is 11.5. The minimum Gasteiger partial charge on any atom is -0.461 e. The van der Waals surface area contributed by atoms with E-state index < -0.39 is 5.82 Å². The zero-order chi connectivity index (χ0) is 14.7. The van der Waals surface area contributed by atoms with E-state index in [1.165, 1.54) is 6.07 Å². The van der Waals surface area contributed by atoms with Crippen molar-refractivity contribution >= 4 is 17.6 Å². The number of nitrogens with two attached hydrogens (primary N) is 1. The fraction of sp³-hybridized carbons (Fsp3) is 0.308. The molecule has 0 unspecified atom stereocenters. The van der Waals surface area contributed by atoms with Gasteiger partial charge in [0.2, 0.25) is 11.9 Å². The van der Waals surface area contributed by atoms with Gasteiger partial charge in [-0.05, 0) is 32.4 Å². The van der Waals surface area contributed by atoms with Gasteiger partial charge in [-0.3, -0.25) is 0 Å². The maximum absolute atomic E-state index is 13.8. The lowest BCUT2D eigenvalue weighted by Crippen LogP contribution is -2.12. The Kier molecular flexibility index (Phi) is 3.97. The van der Waals surface area contributed by atoms with E-state index in [0.29, 0.717) is 5.69 Å². The normalized spacial score (nSPS) is 10.7. The van der Waals surface area contributed by atoms with Gasteiger partial charge in [-0.15, -0.1) is 0 Å². The molecule has 0 aliphatic carbocycles. The van der Waals surface area contributed by atoms with Gasteiger partial charge >= 0.3 is 6.01 Å². The summed E-state index contributed by atoms with van der Waals surface area (Å²) < 4.78 is 19.1. The van der Waals surface area contributed by atoms with Gasteiger partial charge in [0.25, 0.3) is 0 Å². The smallest absolute Gasteiger partial charge is 0.323 e. The van der Waals surface area contributed by atoms with Crippen LogP contribution < -0.4 is 15.8 Å². The third-order valence-corrected chi connectivity index (χ3v) is 2.43. The number of aryl methyl sites for hydroxylation is 1. The first-order chi connectivity index (χ1) is 9.45. The number of benzene rings is 1. The van der Waals surface area contributed by atoms with Crippen LogP contribution in [0.4, 0.5) is 22.0 Å². The summed E-state index contributed by atoms with van der Waals surface area (Å²) in [7, 11) is 0. The Balaban J connectivity index is 2.31. The molecule has 0 bridgehead atoms.